The monoisotopic (exact) mass is 269 g/mol. The van der Waals surface area contributed by atoms with Crippen molar-refractivity contribution < 1.29 is 9.84 Å². The number of nitrogens with zero attached hydrogens (tertiary/aromatic N) is 3. The summed E-state index contributed by atoms with van der Waals surface area (Å²) in [6, 6.07) is 0.275. The van der Waals surface area contributed by atoms with Crippen molar-refractivity contribution in [1.82, 2.24) is 9.97 Å². The first-order chi connectivity index (χ1) is 9.10. The maximum absolute atomic E-state index is 8.69. The van der Waals surface area contributed by atoms with E-state index < -0.39 is 0 Å². The van der Waals surface area contributed by atoms with Crippen LogP contribution in [0.5, 0.6) is 0 Å². The van der Waals surface area contributed by atoms with Gasteiger partial charge in [0.2, 0.25) is 5.95 Å². The summed E-state index contributed by atoms with van der Waals surface area (Å²) in [4.78, 5) is 10.6. The molecule has 0 atom stereocenters. The second-order valence-corrected chi connectivity index (χ2v) is 4.47. The van der Waals surface area contributed by atoms with E-state index in [4.69, 9.17) is 15.7 Å². The molecule has 4 N–H and O–H groups in total. The number of hydrazine groups is 1. The minimum absolute atomic E-state index is 0.0372. The van der Waals surface area contributed by atoms with Crippen LogP contribution in [0, 0.1) is 6.92 Å². The summed E-state index contributed by atoms with van der Waals surface area (Å²) >= 11 is 0. The Balaban J connectivity index is 2.80. The Morgan fingerprint density at radius 2 is 2.21 bits per heavy atom. The highest BCUT2D eigenvalue weighted by molar-refractivity contribution is 5.49. The number of hydrogen-bond donors (Lipinski definition) is 3. The summed E-state index contributed by atoms with van der Waals surface area (Å²) in [6.07, 6.45) is 1.74. The number of aliphatic hydroxyl groups is 1. The first kappa shape index (κ1) is 15.6. The number of nitrogen functional groups attached to an aromatic ring is 1. The maximum atomic E-state index is 8.69. The van der Waals surface area contributed by atoms with Gasteiger partial charge in [0.25, 0.3) is 0 Å². The second-order valence-electron chi connectivity index (χ2n) is 4.47. The predicted molar refractivity (Wildman–Crippen MR) is 75.0 cm³/mol. The van der Waals surface area contributed by atoms with Crippen molar-refractivity contribution in [3.63, 3.8) is 0 Å². The minimum atomic E-state index is 0.0372. The van der Waals surface area contributed by atoms with Gasteiger partial charge in [0, 0.05) is 24.3 Å². The summed E-state index contributed by atoms with van der Waals surface area (Å²) < 4.78 is 5.31. The van der Waals surface area contributed by atoms with Gasteiger partial charge in [0.05, 0.1) is 19.8 Å². The van der Waals surface area contributed by atoms with Gasteiger partial charge in [-0.3, -0.25) is 5.43 Å². The van der Waals surface area contributed by atoms with Crippen molar-refractivity contribution in [2.75, 3.05) is 36.7 Å². The van der Waals surface area contributed by atoms with E-state index in [2.05, 4.69) is 34.1 Å². The third-order valence-corrected chi connectivity index (χ3v) is 2.68. The third kappa shape index (κ3) is 4.62. The molecule has 0 saturated carbocycles. The van der Waals surface area contributed by atoms with Crippen LogP contribution in [0.15, 0.2) is 6.20 Å². The van der Waals surface area contributed by atoms with Crippen LogP contribution in [-0.4, -0.2) is 47.5 Å². The standard InChI is InChI=1S/C12H23N5O2/c1-9(2)17(4-6-19-7-5-18)11-10(3)8-14-12(15-11)16-13/h8-9,18H,4-7,13H2,1-3H3,(H,14,15,16). The van der Waals surface area contributed by atoms with Crippen LogP contribution in [-0.2, 0) is 4.74 Å². The number of anilines is 2. The molecule has 0 spiro atoms. The van der Waals surface area contributed by atoms with Crippen molar-refractivity contribution in [2.45, 2.75) is 26.8 Å². The lowest BCUT2D eigenvalue weighted by Crippen LogP contribution is -2.35. The fraction of sp³-hybridized carbons (Fsp3) is 0.667. The molecule has 0 aromatic carbocycles. The van der Waals surface area contributed by atoms with Gasteiger partial charge in [-0.15, -0.1) is 0 Å². The van der Waals surface area contributed by atoms with Gasteiger partial charge >= 0.3 is 0 Å². The van der Waals surface area contributed by atoms with Gasteiger partial charge in [-0.1, -0.05) is 0 Å². The number of aryl methyl sites for hydroxylation is 1. The Morgan fingerprint density at radius 3 is 2.79 bits per heavy atom. The van der Waals surface area contributed by atoms with Crippen molar-refractivity contribution in [3.05, 3.63) is 11.8 Å². The molecule has 7 heteroatoms. The molecule has 0 bridgehead atoms. The van der Waals surface area contributed by atoms with E-state index in [9.17, 15) is 0 Å². The predicted octanol–water partition coefficient (Wildman–Crippen LogP) is 0.294. The molecule has 0 aliphatic heterocycles. The number of nitrogens with two attached hydrogens (primary N) is 1. The van der Waals surface area contributed by atoms with E-state index in [1.165, 1.54) is 0 Å². The second kappa shape index (κ2) is 7.88. The van der Waals surface area contributed by atoms with Gasteiger partial charge in [-0.05, 0) is 20.8 Å². The fourth-order valence-electron chi connectivity index (χ4n) is 1.73. The Morgan fingerprint density at radius 1 is 1.47 bits per heavy atom. The van der Waals surface area contributed by atoms with Crippen LogP contribution in [0.1, 0.15) is 19.4 Å². The van der Waals surface area contributed by atoms with Crippen molar-refractivity contribution in [2.24, 2.45) is 5.84 Å². The number of hydrogen-bond acceptors (Lipinski definition) is 7. The molecule has 1 heterocycles. The van der Waals surface area contributed by atoms with Crippen LogP contribution in [0.4, 0.5) is 11.8 Å². The number of rotatable bonds is 8. The first-order valence-electron chi connectivity index (χ1n) is 6.35. The minimum Gasteiger partial charge on any atom is -0.394 e. The Kier molecular flexibility index (Phi) is 6.48. The van der Waals surface area contributed by atoms with Crippen LogP contribution in [0.25, 0.3) is 0 Å². The van der Waals surface area contributed by atoms with Crippen LogP contribution in [0.2, 0.25) is 0 Å². The fourth-order valence-corrected chi connectivity index (χ4v) is 1.73. The van der Waals surface area contributed by atoms with Gasteiger partial charge < -0.3 is 14.7 Å². The molecule has 0 saturated heterocycles. The molecular formula is C12H23N5O2. The molecule has 19 heavy (non-hydrogen) atoms. The van der Waals surface area contributed by atoms with Gasteiger partial charge in [0.15, 0.2) is 0 Å². The topological polar surface area (TPSA) is 96.5 Å². The molecule has 0 amide bonds. The molecule has 0 aliphatic carbocycles. The van der Waals surface area contributed by atoms with Crippen LogP contribution < -0.4 is 16.2 Å². The molecule has 0 unspecified atom stereocenters. The van der Waals surface area contributed by atoms with E-state index in [0.29, 0.717) is 25.7 Å². The molecule has 108 valence electrons. The molecule has 0 fully saturated rings. The average Bonchev–Trinajstić information content (AvgIpc) is 2.40. The zero-order chi connectivity index (χ0) is 14.3. The summed E-state index contributed by atoms with van der Waals surface area (Å²) in [6.45, 7) is 7.75. The van der Waals surface area contributed by atoms with E-state index >= 15 is 0 Å². The first-order valence-corrected chi connectivity index (χ1v) is 6.35. The van der Waals surface area contributed by atoms with Gasteiger partial charge in [0.1, 0.15) is 5.82 Å². The summed E-state index contributed by atoms with van der Waals surface area (Å²) in [5.74, 6) is 6.57. The third-order valence-electron chi connectivity index (χ3n) is 2.68. The average molecular weight is 269 g/mol. The Bertz CT molecular complexity index is 386. The SMILES string of the molecule is Cc1cnc(NN)nc1N(CCOCCO)C(C)C. The van der Waals surface area contributed by atoms with Crippen LogP contribution >= 0.6 is 0 Å². The molecule has 7 nitrogen and oxygen atoms in total. The van der Waals surface area contributed by atoms with Gasteiger partial charge in [-0.2, -0.15) is 4.98 Å². The highest BCUT2D eigenvalue weighted by Gasteiger charge is 2.15. The lowest BCUT2D eigenvalue weighted by atomic mass is 10.2. The largest absolute Gasteiger partial charge is 0.394 e. The molecular weight excluding hydrogens is 246 g/mol. The van der Waals surface area contributed by atoms with Crippen molar-refractivity contribution in [1.29, 1.82) is 0 Å². The Hall–Kier alpha value is -1.44. The van der Waals surface area contributed by atoms with E-state index in [0.717, 1.165) is 11.4 Å². The number of ether oxygens (including phenoxy) is 1. The highest BCUT2D eigenvalue weighted by Crippen LogP contribution is 2.19. The zero-order valence-corrected chi connectivity index (χ0v) is 11.8. The maximum Gasteiger partial charge on any atom is 0.239 e. The summed E-state index contributed by atoms with van der Waals surface area (Å²) in [5, 5.41) is 8.69. The van der Waals surface area contributed by atoms with Crippen molar-refractivity contribution in [3.8, 4) is 0 Å². The van der Waals surface area contributed by atoms with E-state index in [-0.39, 0.29) is 12.6 Å². The summed E-state index contributed by atoms with van der Waals surface area (Å²) in [5.41, 5.74) is 3.43. The number of aromatic nitrogens is 2. The van der Waals surface area contributed by atoms with Crippen LogP contribution in [0.3, 0.4) is 0 Å². The normalized spacial score (nSPS) is 10.8. The quantitative estimate of drug-likeness (QED) is 0.354. The number of aliphatic hydroxyl groups excluding tert-OH is 1. The lowest BCUT2D eigenvalue weighted by Gasteiger charge is -2.29. The van der Waals surface area contributed by atoms with Gasteiger partial charge in [-0.25, -0.2) is 10.8 Å². The smallest absolute Gasteiger partial charge is 0.239 e. The van der Waals surface area contributed by atoms with Crippen molar-refractivity contribution >= 4 is 11.8 Å². The highest BCUT2D eigenvalue weighted by atomic mass is 16.5. The number of nitrogens with one attached hydrogen (secondary N) is 1. The molecule has 0 radical (unpaired) electrons. The lowest BCUT2D eigenvalue weighted by molar-refractivity contribution is 0.0960. The molecule has 1 aromatic heterocycles. The zero-order valence-electron chi connectivity index (χ0n) is 11.8. The van der Waals surface area contributed by atoms with E-state index in [1.54, 1.807) is 6.20 Å². The molecule has 0 aliphatic rings. The Labute approximate surface area is 113 Å². The summed E-state index contributed by atoms with van der Waals surface area (Å²) in [7, 11) is 0. The molecule has 1 aromatic rings. The molecule has 1 rings (SSSR count). The van der Waals surface area contributed by atoms with E-state index in [1.807, 2.05) is 6.92 Å².